The first-order valence-corrected chi connectivity index (χ1v) is 9.50. The third-order valence-corrected chi connectivity index (χ3v) is 3.79. The van der Waals surface area contributed by atoms with E-state index in [9.17, 15) is 4.79 Å². The van der Waals surface area contributed by atoms with Crippen LogP contribution in [0.15, 0.2) is 23.2 Å². The number of aryl methyl sites for hydroxylation is 1. The van der Waals surface area contributed by atoms with E-state index >= 15 is 0 Å². The van der Waals surface area contributed by atoms with Gasteiger partial charge in [-0.3, -0.25) is 4.79 Å². The third-order valence-electron chi connectivity index (χ3n) is 3.79. The monoisotopic (exact) mass is 378 g/mol. The second-order valence-corrected chi connectivity index (χ2v) is 6.32. The molecule has 0 saturated heterocycles. The molecule has 0 unspecified atom stereocenters. The number of benzene rings is 1. The smallest absolute Gasteiger partial charge is 0.223 e. The molecule has 0 aliphatic heterocycles. The van der Waals surface area contributed by atoms with E-state index in [1.807, 2.05) is 32.9 Å². The van der Waals surface area contributed by atoms with Crippen molar-refractivity contribution < 1.29 is 14.3 Å². The van der Waals surface area contributed by atoms with Crippen LogP contribution in [0.3, 0.4) is 0 Å². The van der Waals surface area contributed by atoms with Crippen LogP contribution < -0.4 is 15.4 Å². The Bertz CT molecular complexity index is 603. The molecule has 1 amide bonds. The van der Waals surface area contributed by atoms with Crippen molar-refractivity contribution in [3.05, 3.63) is 29.3 Å². The van der Waals surface area contributed by atoms with Crippen LogP contribution in [0.1, 0.15) is 31.4 Å². The Labute approximate surface area is 163 Å². The summed E-state index contributed by atoms with van der Waals surface area (Å²) in [7, 11) is 3.51. The number of amides is 1. The number of nitrogens with one attached hydrogen (secondary N) is 2. The van der Waals surface area contributed by atoms with Crippen LogP contribution >= 0.6 is 0 Å². The van der Waals surface area contributed by atoms with E-state index in [0.29, 0.717) is 45.3 Å². The van der Waals surface area contributed by atoms with Gasteiger partial charge in [-0.25, -0.2) is 4.99 Å². The average molecular weight is 379 g/mol. The van der Waals surface area contributed by atoms with Crippen LogP contribution in [0.5, 0.6) is 5.75 Å². The molecule has 2 N–H and O–H groups in total. The minimum atomic E-state index is 0.0851. The second kappa shape index (κ2) is 13.0. The molecule has 1 rings (SSSR count). The normalized spacial score (nSPS) is 11.2. The van der Waals surface area contributed by atoms with Gasteiger partial charge < -0.3 is 25.0 Å². The lowest BCUT2D eigenvalue weighted by Crippen LogP contribution is -2.39. The third kappa shape index (κ3) is 9.28. The summed E-state index contributed by atoms with van der Waals surface area (Å²) in [6.07, 6.45) is 0.424. The van der Waals surface area contributed by atoms with Gasteiger partial charge in [-0.05, 0) is 32.4 Å². The van der Waals surface area contributed by atoms with Gasteiger partial charge in [0, 0.05) is 45.8 Å². The zero-order valence-corrected chi connectivity index (χ0v) is 17.3. The van der Waals surface area contributed by atoms with E-state index in [1.165, 1.54) is 0 Å². The Morgan fingerprint density at radius 3 is 2.63 bits per heavy atom. The number of hydrogen-bond acceptors (Lipinski definition) is 4. The maximum Gasteiger partial charge on any atom is 0.223 e. The Hall–Kier alpha value is -2.28. The second-order valence-electron chi connectivity index (χ2n) is 6.32. The lowest BCUT2D eigenvalue weighted by atomic mass is 10.1. The molecule has 0 atom stereocenters. The van der Waals surface area contributed by atoms with Gasteiger partial charge >= 0.3 is 0 Å². The molecule has 0 radical (unpaired) electrons. The van der Waals surface area contributed by atoms with Crippen molar-refractivity contribution in [2.45, 2.75) is 33.7 Å². The van der Waals surface area contributed by atoms with Gasteiger partial charge in [0.05, 0.1) is 13.2 Å². The van der Waals surface area contributed by atoms with Crippen molar-refractivity contribution in [2.75, 3.05) is 47.0 Å². The van der Waals surface area contributed by atoms with E-state index in [-0.39, 0.29) is 5.91 Å². The van der Waals surface area contributed by atoms with E-state index in [1.54, 1.807) is 19.0 Å². The summed E-state index contributed by atoms with van der Waals surface area (Å²) in [5.41, 5.74) is 2.15. The lowest BCUT2D eigenvalue weighted by molar-refractivity contribution is -0.128. The van der Waals surface area contributed by atoms with E-state index in [4.69, 9.17) is 9.47 Å². The van der Waals surface area contributed by atoms with Crippen molar-refractivity contribution in [3.63, 3.8) is 0 Å². The zero-order chi connectivity index (χ0) is 20.1. The first kappa shape index (κ1) is 22.8. The van der Waals surface area contributed by atoms with Crippen LogP contribution in [-0.2, 0) is 16.1 Å². The Morgan fingerprint density at radius 1 is 1.19 bits per heavy atom. The highest BCUT2D eigenvalue weighted by Gasteiger charge is 2.07. The summed E-state index contributed by atoms with van der Waals surface area (Å²) in [6, 6.07) is 6.11. The van der Waals surface area contributed by atoms with E-state index < -0.39 is 0 Å². The van der Waals surface area contributed by atoms with Crippen molar-refractivity contribution in [2.24, 2.45) is 4.99 Å². The molecule has 0 spiro atoms. The summed E-state index contributed by atoms with van der Waals surface area (Å²) in [5.74, 6) is 1.60. The van der Waals surface area contributed by atoms with Gasteiger partial charge in [0.1, 0.15) is 12.4 Å². The molecule has 0 saturated carbocycles. The Balaban J connectivity index is 2.69. The highest BCUT2D eigenvalue weighted by Crippen LogP contribution is 2.21. The predicted molar refractivity (Wildman–Crippen MR) is 109 cm³/mol. The number of carbonyl (C=O) groups is 1. The van der Waals surface area contributed by atoms with Crippen LogP contribution in [-0.4, -0.2) is 63.8 Å². The largest absolute Gasteiger partial charge is 0.491 e. The van der Waals surface area contributed by atoms with Gasteiger partial charge in [0.2, 0.25) is 5.91 Å². The maximum atomic E-state index is 11.7. The highest BCUT2D eigenvalue weighted by molar-refractivity contribution is 5.81. The van der Waals surface area contributed by atoms with Crippen LogP contribution in [0.25, 0.3) is 0 Å². The Kier molecular flexibility index (Phi) is 10.9. The van der Waals surface area contributed by atoms with Crippen LogP contribution in [0, 0.1) is 6.92 Å². The molecule has 152 valence electrons. The molecule has 1 aromatic rings. The van der Waals surface area contributed by atoms with Gasteiger partial charge in [0.15, 0.2) is 5.96 Å². The molecular formula is C20H34N4O3. The molecular weight excluding hydrogens is 344 g/mol. The van der Waals surface area contributed by atoms with Crippen molar-refractivity contribution in [1.29, 1.82) is 0 Å². The average Bonchev–Trinajstić information content (AvgIpc) is 2.64. The maximum absolute atomic E-state index is 11.7. The molecule has 7 nitrogen and oxygen atoms in total. The molecule has 0 heterocycles. The minimum absolute atomic E-state index is 0.0851. The summed E-state index contributed by atoms with van der Waals surface area (Å²) in [4.78, 5) is 17.9. The number of ether oxygens (including phenoxy) is 2. The number of aliphatic imine (C=N–C) groups is 1. The fourth-order valence-corrected chi connectivity index (χ4v) is 2.30. The lowest BCUT2D eigenvalue weighted by Gasteiger charge is -2.14. The molecule has 7 heteroatoms. The van der Waals surface area contributed by atoms with E-state index in [2.05, 4.69) is 21.7 Å². The molecule has 0 aliphatic rings. The first-order chi connectivity index (χ1) is 13.0. The van der Waals surface area contributed by atoms with Crippen LogP contribution in [0.2, 0.25) is 0 Å². The number of guanidine groups is 1. The number of rotatable bonds is 11. The standard InChI is InChI=1S/C20H34N4O3/c1-6-21-20(22-11-10-19(25)24(4)5)23-15-17-9-8-16(3)14-18(17)27-13-12-26-7-2/h8-9,14H,6-7,10-13,15H2,1-5H3,(H2,21,22,23). The van der Waals surface area contributed by atoms with Crippen LogP contribution in [0.4, 0.5) is 0 Å². The minimum Gasteiger partial charge on any atom is -0.491 e. The summed E-state index contributed by atoms with van der Waals surface area (Å²) >= 11 is 0. The zero-order valence-electron chi connectivity index (χ0n) is 17.3. The van der Waals surface area contributed by atoms with E-state index in [0.717, 1.165) is 23.4 Å². The topological polar surface area (TPSA) is 75.2 Å². The van der Waals surface area contributed by atoms with Crippen molar-refractivity contribution in [3.8, 4) is 5.75 Å². The molecule has 0 fully saturated rings. The fourth-order valence-electron chi connectivity index (χ4n) is 2.30. The summed E-state index contributed by atoms with van der Waals surface area (Å²) in [6.45, 7) is 9.55. The predicted octanol–water partition coefficient (Wildman–Crippen LogP) is 1.94. The number of nitrogens with zero attached hydrogens (tertiary/aromatic N) is 2. The van der Waals surface area contributed by atoms with Crippen molar-refractivity contribution in [1.82, 2.24) is 15.5 Å². The number of carbonyl (C=O) groups excluding carboxylic acids is 1. The van der Waals surface area contributed by atoms with Crippen molar-refractivity contribution >= 4 is 11.9 Å². The quantitative estimate of drug-likeness (QED) is 0.350. The van der Waals surface area contributed by atoms with Gasteiger partial charge in [-0.1, -0.05) is 12.1 Å². The highest BCUT2D eigenvalue weighted by atomic mass is 16.5. The fraction of sp³-hybridized carbons (Fsp3) is 0.600. The summed E-state index contributed by atoms with van der Waals surface area (Å²) in [5, 5.41) is 6.40. The first-order valence-electron chi connectivity index (χ1n) is 9.50. The number of hydrogen-bond donors (Lipinski definition) is 2. The molecule has 27 heavy (non-hydrogen) atoms. The van der Waals surface area contributed by atoms with Gasteiger partial charge in [0.25, 0.3) is 0 Å². The molecule has 0 aromatic heterocycles. The molecule has 1 aromatic carbocycles. The van der Waals surface area contributed by atoms with Gasteiger partial charge in [-0.15, -0.1) is 0 Å². The SMILES string of the molecule is CCNC(=NCc1ccc(C)cc1OCCOCC)NCCC(=O)N(C)C. The van der Waals surface area contributed by atoms with Gasteiger partial charge in [-0.2, -0.15) is 0 Å². The molecule has 0 bridgehead atoms. The summed E-state index contributed by atoms with van der Waals surface area (Å²) < 4.78 is 11.2. The Morgan fingerprint density at radius 2 is 1.96 bits per heavy atom. The molecule has 0 aliphatic carbocycles.